The topological polar surface area (TPSA) is 77.7 Å². The number of fused-ring (bicyclic) bond motifs is 1. The second kappa shape index (κ2) is 7.35. The lowest BCUT2D eigenvalue weighted by molar-refractivity contribution is -0.105. The summed E-state index contributed by atoms with van der Waals surface area (Å²) in [5, 5.41) is 0.494. The van der Waals surface area contributed by atoms with Crippen molar-refractivity contribution in [2.45, 2.75) is 25.0 Å². The predicted molar refractivity (Wildman–Crippen MR) is 93.3 cm³/mol. The van der Waals surface area contributed by atoms with Crippen LogP contribution in [0.4, 0.5) is 0 Å². The molecular formula is C17H16N4O2S. The summed E-state index contributed by atoms with van der Waals surface area (Å²) >= 11 is 1.23. The third-order valence-electron chi connectivity index (χ3n) is 3.50. The highest BCUT2D eigenvalue weighted by Crippen LogP contribution is 2.16. The van der Waals surface area contributed by atoms with Gasteiger partial charge in [-0.2, -0.15) is 0 Å². The molecule has 2 heterocycles. The zero-order valence-corrected chi connectivity index (χ0v) is 14.0. The first-order valence-electron chi connectivity index (χ1n) is 7.53. The van der Waals surface area contributed by atoms with Crippen LogP contribution in [0.1, 0.15) is 11.3 Å². The number of carbonyl (C=O) groups is 1. The molecular weight excluding hydrogens is 324 g/mol. The summed E-state index contributed by atoms with van der Waals surface area (Å²) in [6.07, 6.45) is 3.07. The zero-order valence-electron chi connectivity index (χ0n) is 13.2. The van der Waals surface area contributed by atoms with Gasteiger partial charge in [-0.05, 0) is 18.9 Å². The van der Waals surface area contributed by atoms with Gasteiger partial charge in [-0.15, -0.1) is 0 Å². The van der Waals surface area contributed by atoms with Gasteiger partial charge in [0.2, 0.25) is 0 Å². The summed E-state index contributed by atoms with van der Waals surface area (Å²) in [5.74, 6) is 0.239. The lowest BCUT2D eigenvalue weighted by Crippen LogP contribution is -2.25. The van der Waals surface area contributed by atoms with Gasteiger partial charge in [0, 0.05) is 6.54 Å². The van der Waals surface area contributed by atoms with E-state index in [-0.39, 0.29) is 16.8 Å². The predicted octanol–water partition coefficient (Wildman–Crippen LogP) is 2.03. The Bertz CT molecular complexity index is 925. The van der Waals surface area contributed by atoms with Crippen molar-refractivity contribution in [2.24, 2.45) is 0 Å². The van der Waals surface area contributed by atoms with Crippen LogP contribution in [0.3, 0.4) is 0 Å². The molecule has 0 spiro atoms. The summed E-state index contributed by atoms with van der Waals surface area (Å²) in [5.41, 5.74) is 2.16. The van der Waals surface area contributed by atoms with E-state index >= 15 is 0 Å². The summed E-state index contributed by atoms with van der Waals surface area (Å²) in [6.45, 7) is 2.26. The Morgan fingerprint density at radius 3 is 2.75 bits per heavy atom. The molecule has 122 valence electrons. The molecule has 0 saturated carbocycles. The molecule has 0 aliphatic carbocycles. The quantitative estimate of drug-likeness (QED) is 0.388. The van der Waals surface area contributed by atoms with Crippen molar-refractivity contribution in [1.82, 2.24) is 19.5 Å². The van der Waals surface area contributed by atoms with E-state index in [0.717, 1.165) is 11.8 Å². The minimum absolute atomic E-state index is 0.222. The maximum atomic E-state index is 12.8. The van der Waals surface area contributed by atoms with Gasteiger partial charge in [-0.1, -0.05) is 42.1 Å². The van der Waals surface area contributed by atoms with Crippen LogP contribution in [0.25, 0.3) is 11.2 Å². The molecule has 0 aliphatic rings. The average molecular weight is 340 g/mol. The van der Waals surface area contributed by atoms with Crippen LogP contribution in [0.2, 0.25) is 0 Å². The van der Waals surface area contributed by atoms with Gasteiger partial charge in [0.05, 0.1) is 17.6 Å². The van der Waals surface area contributed by atoms with Crippen LogP contribution in [0, 0.1) is 6.92 Å². The maximum Gasteiger partial charge on any atom is 0.282 e. The van der Waals surface area contributed by atoms with Gasteiger partial charge in [0.1, 0.15) is 6.29 Å². The van der Waals surface area contributed by atoms with E-state index in [1.54, 1.807) is 17.7 Å². The Morgan fingerprint density at radius 1 is 1.21 bits per heavy atom. The molecule has 0 N–H and O–H groups in total. The first kappa shape index (κ1) is 16.3. The molecule has 6 nitrogen and oxygen atoms in total. The molecule has 24 heavy (non-hydrogen) atoms. The molecule has 3 aromatic rings. The minimum Gasteiger partial charge on any atom is -0.302 e. The number of aromatic nitrogens is 4. The van der Waals surface area contributed by atoms with Gasteiger partial charge in [0.15, 0.2) is 16.3 Å². The second-order valence-corrected chi connectivity index (χ2v) is 6.24. The largest absolute Gasteiger partial charge is 0.302 e. The van der Waals surface area contributed by atoms with E-state index in [2.05, 4.69) is 15.0 Å². The smallest absolute Gasteiger partial charge is 0.282 e. The number of thioether (sulfide) groups is 1. The summed E-state index contributed by atoms with van der Waals surface area (Å²) in [6, 6.07) is 9.92. The van der Waals surface area contributed by atoms with E-state index in [9.17, 15) is 9.59 Å². The van der Waals surface area contributed by atoms with Crippen LogP contribution in [0.5, 0.6) is 0 Å². The normalized spacial score (nSPS) is 10.9. The molecule has 7 heteroatoms. The number of rotatable bonds is 6. The third kappa shape index (κ3) is 3.51. The molecule has 2 aromatic heterocycles. The van der Waals surface area contributed by atoms with Crippen LogP contribution in [-0.2, 0) is 17.8 Å². The fraction of sp³-hybridized carbons (Fsp3) is 0.235. The minimum atomic E-state index is -0.222. The number of aldehydes is 1. The fourth-order valence-electron chi connectivity index (χ4n) is 2.36. The molecule has 1 aromatic carbocycles. The lowest BCUT2D eigenvalue weighted by Gasteiger charge is -2.12. The van der Waals surface area contributed by atoms with Crippen LogP contribution < -0.4 is 5.56 Å². The van der Waals surface area contributed by atoms with Gasteiger partial charge >= 0.3 is 0 Å². The van der Waals surface area contributed by atoms with Crippen molar-refractivity contribution in [3.05, 3.63) is 58.1 Å². The van der Waals surface area contributed by atoms with Gasteiger partial charge < -0.3 is 4.79 Å². The molecule has 0 atom stereocenters. The monoisotopic (exact) mass is 340 g/mol. The molecule has 0 saturated heterocycles. The van der Waals surface area contributed by atoms with Gasteiger partial charge in [0.25, 0.3) is 5.56 Å². The number of hydrogen-bond acceptors (Lipinski definition) is 6. The molecule has 3 rings (SSSR count). The molecule has 0 fully saturated rings. The number of hydrogen-bond donors (Lipinski definition) is 0. The Kier molecular flexibility index (Phi) is 5.00. The zero-order chi connectivity index (χ0) is 16.9. The van der Waals surface area contributed by atoms with Crippen molar-refractivity contribution in [1.29, 1.82) is 0 Å². The van der Waals surface area contributed by atoms with Crippen molar-refractivity contribution < 1.29 is 4.79 Å². The number of benzene rings is 1. The molecule has 0 radical (unpaired) electrons. The van der Waals surface area contributed by atoms with Crippen molar-refractivity contribution in [3.8, 4) is 0 Å². The van der Waals surface area contributed by atoms with Crippen molar-refractivity contribution >= 4 is 29.2 Å². The Morgan fingerprint density at radius 2 is 2.00 bits per heavy atom. The number of carbonyl (C=O) groups excluding carboxylic acids is 1. The molecule has 0 aliphatic heterocycles. The fourth-order valence-corrected chi connectivity index (χ4v) is 3.06. The Balaban J connectivity index is 2.03. The van der Waals surface area contributed by atoms with Crippen LogP contribution >= 0.6 is 11.8 Å². The lowest BCUT2D eigenvalue weighted by atomic mass is 10.1. The molecule has 0 unspecified atom stereocenters. The third-order valence-corrected chi connectivity index (χ3v) is 4.37. The Labute approximate surface area is 143 Å². The first-order chi connectivity index (χ1) is 11.7. The number of aryl methyl sites for hydroxylation is 2. The van der Waals surface area contributed by atoms with Crippen LogP contribution in [-0.4, -0.2) is 31.6 Å². The second-order valence-electron chi connectivity index (χ2n) is 5.25. The van der Waals surface area contributed by atoms with E-state index in [4.69, 9.17) is 0 Å². The molecule has 0 amide bonds. The average Bonchev–Trinajstić information content (AvgIpc) is 2.61. The standard InChI is InChI=1S/C17H16N4O2S/c1-12-11-18-15-14(19-12)16(23)21(17(20-15)24-10-9-22)8-7-13-5-3-2-4-6-13/h2-6,9,11H,7-8,10H2,1H3. The van der Waals surface area contributed by atoms with E-state index in [1.807, 2.05) is 30.3 Å². The first-order valence-corrected chi connectivity index (χ1v) is 8.52. The van der Waals surface area contributed by atoms with E-state index < -0.39 is 0 Å². The maximum absolute atomic E-state index is 12.8. The summed E-state index contributed by atoms with van der Waals surface area (Å²) in [4.78, 5) is 36.4. The summed E-state index contributed by atoms with van der Waals surface area (Å²) in [7, 11) is 0. The number of nitrogens with zero attached hydrogens (tertiary/aromatic N) is 4. The van der Waals surface area contributed by atoms with Gasteiger partial charge in [-0.3, -0.25) is 9.36 Å². The van der Waals surface area contributed by atoms with Crippen molar-refractivity contribution in [2.75, 3.05) is 5.75 Å². The highest BCUT2D eigenvalue weighted by Gasteiger charge is 2.13. The van der Waals surface area contributed by atoms with E-state index in [1.165, 1.54) is 11.8 Å². The molecule has 0 bridgehead atoms. The van der Waals surface area contributed by atoms with Gasteiger partial charge in [-0.25, -0.2) is 15.0 Å². The summed E-state index contributed by atoms with van der Waals surface area (Å²) < 4.78 is 1.58. The van der Waals surface area contributed by atoms with E-state index in [0.29, 0.717) is 29.5 Å². The highest BCUT2D eigenvalue weighted by molar-refractivity contribution is 7.99. The van der Waals surface area contributed by atoms with Crippen LogP contribution in [0.15, 0.2) is 46.5 Å². The highest BCUT2D eigenvalue weighted by atomic mass is 32.2. The SMILES string of the molecule is Cc1cnc2nc(SCC=O)n(CCc3ccccc3)c(=O)c2n1. The Hall–Kier alpha value is -2.54. The van der Waals surface area contributed by atoms with Crippen molar-refractivity contribution in [3.63, 3.8) is 0 Å².